The first-order valence-corrected chi connectivity index (χ1v) is 8.17. The van der Waals surface area contributed by atoms with Crippen molar-refractivity contribution in [1.82, 2.24) is 10.6 Å². The van der Waals surface area contributed by atoms with Gasteiger partial charge in [-0.3, -0.25) is 4.99 Å². The summed E-state index contributed by atoms with van der Waals surface area (Å²) in [6.07, 6.45) is 0.674. The maximum Gasteiger partial charge on any atom is 0.191 e. The molecule has 2 N–H and O–H groups in total. The summed E-state index contributed by atoms with van der Waals surface area (Å²) in [5.74, 6) is 0.224. The molecular weight excluding hydrogens is 324 g/mol. The van der Waals surface area contributed by atoms with Crippen molar-refractivity contribution >= 4 is 5.96 Å². The highest BCUT2D eigenvalue weighted by Gasteiger charge is 2.42. The summed E-state index contributed by atoms with van der Waals surface area (Å²) >= 11 is 0. The summed E-state index contributed by atoms with van der Waals surface area (Å²) in [7, 11) is 3.29. The summed E-state index contributed by atoms with van der Waals surface area (Å²) in [6, 6.07) is 11.6. The predicted molar refractivity (Wildman–Crippen MR) is 93.8 cm³/mol. The molecule has 1 aliphatic carbocycles. The topological polar surface area (TPSA) is 45.7 Å². The van der Waals surface area contributed by atoms with Gasteiger partial charge in [0.05, 0.1) is 7.11 Å². The van der Waals surface area contributed by atoms with Gasteiger partial charge >= 0.3 is 0 Å². The highest BCUT2D eigenvalue weighted by Crippen LogP contribution is 2.43. The highest BCUT2D eigenvalue weighted by atomic mass is 19.1. The van der Waals surface area contributed by atoms with Crippen LogP contribution in [-0.2, 0) is 6.54 Å². The van der Waals surface area contributed by atoms with Crippen LogP contribution in [0.3, 0.4) is 0 Å². The van der Waals surface area contributed by atoms with Crippen molar-refractivity contribution < 1.29 is 13.5 Å². The summed E-state index contributed by atoms with van der Waals surface area (Å²) < 4.78 is 33.0. The van der Waals surface area contributed by atoms with Crippen molar-refractivity contribution in [3.05, 3.63) is 65.2 Å². The third-order valence-electron chi connectivity index (χ3n) is 4.35. The molecule has 0 heterocycles. The molecule has 0 spiro atoms. The minimum atomic E-state index is -0.494. The van der Waals surface area contributed by atoms with E-state index in [1.165, 1.54) is 18.2 Å². The van der Waals surface area contributed by atoms with Gasteiger partial charge < -0.3 is 15.4 Å². The fourth-order valence-corrected chi connectivity index (χ4v) is 2.94. The standard InChI is InChI=1S/C19H21F2N3O/c1-22-19(23-11-12-6-3-4-9-17(12)25-2)24-16-10-13(16)18-14(20)7-5-8-15(18)21/h3-9,13,16H,10-11H2,1-2H3,(H2,22,23,24). The Morgan fingerprint density at radius 1 is 1.16 bits per heavy atom. The number of hydrogen-bond acceptors (Lipinski definition) is 2. The Morgan fingerprint density at radius 3 is 2.56 bits per heavy atom. The van der Waals surface area contributed by atoms with Gasteiger partial charge in [0, 0.05) is 36.7 Å². The zero-order valence-electron chi connectivity index (χ0n) is 14.2. The molecule has 132 valence electrons. The van der Waals surface area contributed by atoms with E-state index >= 15 is 0 Å². The van der Waals surface area contributed by atoms with Crippen LogP contribution in [0.5, 0.6) is 5.75 Å². The van der Waals surface area contributed by atoms with Gasteiger partial charge in [-0.2, -0.15) is 0 Å². The molecule has 25 heavy (non-hydrogen) atoms. The summed E-state index contributed by atoms with van der Waals surface area (Å²) in [5.41, 5.74) is 1.15. The number of para-hydroxylation sites is 1. The number of aliphatic imine (C=N–C) groups is 1. The fourth-order valence-electron chi connectivity index (χ4n) is 2.94. The van der Waals surface area contributed by atoms with Gasteiger partial charge in [-0.15, -0.1) is 0 Å². The molecule has 1 saturated carbocycles. The average molecular weight is 345 g/mol. The zero-order chi connectivity index (χ0) is 17.8. The lowest BCUT2D eigenvalue weighted by atomic mass is 10.1. The first-order chi connectivity index (χ1) is 12.1. The van der Waals surface area contributed by atoms with Crippen LogP contribution in [0.2, 0.25) is 0 Å². The van der Waals surface area contributed by atoms with E-state index in [1.54, 1.807) is 14.2 Å². The van der Waals surface area contributed by atoms with E-state index in [2.05, 4.69) is 15.6 Å². The van der Waals surface area contributed by atoms with Crippen molar-refractivity contribution in [2.75, 3.05) is 14.2 Å². The zero-order valence-corrected chi connectivity index (χ0v) is 14.2. The molecule has 6 heteroatoms. The second-order valence-corrected chi connectivity index (χ2v) is 5.97. The third kappa shape index (κ3) is 3.90. The van der Waals surface area contributed by atoms with Gasteiger partial charge in [0.25, 0.3) is 0 Å². The van der Waals surface area contributed by atoms with Crippen LogP contribution in [0.25, 0.3) is 0 Å². The van der Waals surface area contributed by atoms with E-state index in [-0.39, 0.29) is 17.5 Å². The summed E-state index contributed by atoms with van der Waals surface area (Å²) in [5, 5.41) is 6.42. The van der Waals surface area contributed by atoms with Crippen molar-refractivity contribution in [3.8, 4) is 5.75 Å². The van der Waals surface area contributed by atoms with Gasteiger partial charge in [-0.1, -0.05) is 24.3 Å². The van der Waals surface area contributed by atoms with Gasteiger partial charge in [0.1, 0.15) is 17.4 Å². The third-order valence-corrected chi connectivity index (χ3v) is 4.35. The summed E-state index contributed by atoms with van der Waals surface area (Å²) in [4.78, 5) is 4.18. The van der Waals surface area contributed by atoms with E-state index in [0.717, 1.165) is 11.3 Å². The number of nitrogens with one attached hydrogen (secondary N) is 2. The van der Waals surface area contributed by atoms with E-state index in [1.807, 2.05) is 24.3 Å². The van der Waals surface area contributed by atoms with Gasteiger partial charge in [0.15, 0.2) is 5.96 Å². The lowest BCUT2D eigenvalue weighted by molar-refractivity contribution is 0.409. The van der Waals surface area contributed by atoms with E-state index < -0.39 is 11.6 Å². The van der Waals surface area contributed by atoms with Crippen molar-refractivity contribution in [3.63, 3.8) is 0 Å². The number of guanidine groups is 1. The molecule has 2 atom stereocenters. The van der Waals surface area contributed by atoms with E-state index in [4.69, 9.17) is 4.74 Å². The van der Waals surface area contributed by atoms with Gasteiger partial charge in [-0.25, -0.2) is 8.78 Å². The number of methoxy groups -OCH3 is 1. The van der Waals surface area contributed by atoms with Gasteiger partial charge in [0.2, 0.25) is 0 Å². The quantitative estimate of drug-likeness (QED) is 0.646. The molecule has 0 amide bonds. The Kier molecular flexibility index (Phi) is 5.16. The first-order valence-electron chi connectivity index (χ1n) is 8.17. The van der Waals surface area contributed by atoms with Crippen LogP contribution in [0.4, 0.5) is 8.78 Å². The Labute approximate surface area is 145 Å². The molecule has 0 bridgehead atoms. The number of ether oxygens (including phenoxy) is 1. The van der Waals surface area contributed by atoms with E-state index in [9.17, 15) is 8.78 Å². The fraction of sp³-hybridized carbons (Fsp3) is 0.316. The Hall–Kier alpha value is -2.63. The van der Waals surface area contributed by atoms with Crippen LogP contribution < -0.4 is 15.4 Å². The molecular formula is C19H21F2N3O. The van der Waals surface area contributed by atoms with Crippen LogP contribution in [-0.4, -0.2) is 26.2 Å². The number of halogens is 2. The number of benzene rings is 2. The normalized spacial score (nSPS) is 19.4. The Morgan fingerprint density at radius 2 is 1.88 bits per heavy atom. The van der Waals surface area contributed by atoms with Crippen molar-refractivity contribution in [2.24, 2.45) is 4.99 Å². The monoisotopic (exact) mass is 345 g/mol. The maximum atomic E-state index is 13.9. The van der Waals surface area contributed by atoms with Crippen LogP contribution in [0.15, 0.2) is 47.5 Å². The SMILES string of the molecule is CN=C(NCc1ccccc1OC)NC1CC1c1c(F)cccc1F. The predicted octanol–water partition coefficient (Wildman–Crippen LogP) is 3.19. The lowest BCUT2D eigenvalue weighted by Crippen LogP contribution is -2.38. The summed E-state index contributed by atoms with van der Waals surface area (Å²) in [6.45, 7) is 0.537. The van der Waals surface area contributed by atoms with Crippen LogP contribution in [0, 0.1) is 11.6 Å². The van der Waals surface area contributed by atoms with Crippen molar-refractivity contribution in [1.29, 1.82) is 0 Å². The molecule has 2 aromatic rings. The number of nitrogens with zero attached hydrogens (tertiary/aromatic N) is 1. The molecule has 0 radical (unpaired) electrons. The van der Waals surface area contributed by atoms with Crippen LogP contribution in [0.1, 0.15) is 23.5 Å². The molecule has 2 aromatic carbocycles. The first kappa shape index (κ1) is 17.2. The highest BCUT2D eigenvalue weighted by molar-refractivity contribution is 5.80. The molecule has 3 rings (SSSR count). The average Bonchev–Trinajstić information content (AvgIpc) is 3.37. The number of hydrogen-bond donors (Lipinski definition) is 2. The second kappa shape index (κ2) is 7.51. The second-order valence-electron chi connectivity index (χ2n) is 5.97. The van der Waals surface area contributed by atoms with E-state index in [0.29, 0.717) is 18.9 Å². The molecule has 0 aliphatic heterocycles. The number of rotatable bonds is 5. The minimum absolute atomic E-state index is 0.0322. The van der Waals surface area contributed by atoms with Gasteiger partial charge in [-0.05, 0) is 24.6 Å². The van der Waals surface area contributed by atoms with Crippen molar-refractivity contribution in [2.45, 2.75) is 24.9 Å². The Balaban J connectivity index is 1.59. The smallest absolute Gasteiger partial charge is 0.191 e. The molecule has 0 aromatic heterocycles. The largest absolute Gasteiger partial charge is 0.496 e. The van der Waals surface area contributed by atoms with Crippen LogP contribution >= 0.6 is 0 Å². The molecule has 0 saturated heterocycles. The molecule has 1 aliphatic rings. The lowest BCUT2D eigenvalue weighted by Gasteiger charge is -2.14. The molecule has 1 fully saturated rings. The maximum absolute atomic E-state index is 13.9. The minimum Gasteiger partial charge on any atom is -0.496 e. The Bertz CT molecular complexity index is 759. The molecule has 4 nitrogen and oxygen atoms in total. The molecule has 2 unspecified atom stereocenters.